The van der Waals surface area contributed by atoms with E-state index in [0.717, 1.165) is 6.42 Å². The fourth-order valence-corrected chi connectivity index (χ4v) is 3.98. The summed E-state index contributed by atoms with van der Waals surface area (Å²) in [6.07, 6.45) is 0.883. The molecule has 4 rings (SSSR count). The molecule has 1 atom stereocenters. The highest BCUT2D eigenvalue weighted by Gasteiger charge is 2.48. The van der Waals surface area contributed by atoms with E-state index in [-0.39, 0.29) is 17.2 Å². The third-order valence-corrected chi connectivity index (χ3v) is 5.81. The fraction of sp³-hybridized carbons (Fsp3) is 0.296. The second kappa shape index (κ2) is 10.0. The Labute approximate surface area is 203 Å². The number of hydrogen-bond acceptors (Lipinski definition) is 7. The molecule has 0 spiro atoms. The third kappa shape index (κ3) is 4.77. The van der Waals surface area contributed by atoms with Crippen LogP contribution in [-0.4, -0.2) is 35.7 Å². The van der Waals surface area contributed by atoms with Crippen molar-refractivity contribution < 1.29 is 28.7 Å². The van der Waals surface area contributed by atoms with Gasteiger partial charge in [-0.15, -0.1) is 0 Å². The number of hydrogen-bond donors (Lipinski definition) is 1. The van der Waals surface area contributed by atoms with E-state index in [4.69, 9.17) is 14.0 Å². The molecule has 0 unspecified atom stereocenters. The zero-order chi connectivity index (χ0) is 25.1. The zero-order valence-electron chi connectivity index (χ0n) is 20.1. The predicted octanol–water partition coefficient (Wildman–Crippen LogP) is 5.04. The number of carbonyl (C=O) groups excluding carboxylic acids is 2. The highest BCUT2D eigenvalue weighted by molar-refractivity contribution is 6.51. The number of aryl methyl sites for hydroxylation is 1. The SMILES string of the molecule is COc1cc([C@H]2/C(=C(\O)c3ccccc3)C(=O)C(=O)N2c2cc(C)on2)ccc1OCCC(C)C. The van der Waals surface area contributed by atoms with E-state index < -0.39 is 17.7 Å². The summed E-state index contributed by atoms with van der Waals surface area (Å²) in [4.78, 5) is 27.6. The molecule has 1 amide bonds. The molecule has 2 heterocycles. The lowest BCUT2D eigenvalue weighted by Gasteiger charge is -2.24. The number of aromatic nitrogens is 1. The fourth-order valence-electron chi connectivity index (χ4n) is 3.98. The monoisotopic (exact) mass is 476 g/mol. The lowest BCUT2D eigenvalue weighted by molar-refractivity contribution is -0.132. The van der Waals surface area contributed by atoms with Crippen LogP contribution in [0.2, 0.25) is 0 Å². The first kappa shape index (κ1) is 24.1. The standard InChI is InChI=1S/C27H28N2O6/c1-16(2)12-13-34-20-11-10-19(15-21(20)33-4)24-23(25(30)18-8-6-5-7-9-18)26(31)27(32)29(24)22-14-17(3)35-28-22/h5-11,14-16,24,30H,12-13H2,1-4H3/b25-23+/t24-/m0/s1. The molecule has 1 fully saturated rings. The first-order valence-electron chi connectivity index (χ1n) is 11.4. The van der Waals surface area contributed by atoms with E-state index in [1.807, 2.05) is 0 Å². The van der Waals surface area contributed by atoms with Gasteiger partial charge in [0.15, 0.2) is 17.3 Å². The number of aliphatic hydroxyl groups is 1. The highest BCUT2D eigenvalue weighted by Crippen LogP contribution is 2.44. The molecule has 0 bridgehead atoms. The zero-order valence-corrected chi connectivity index (χ0v) is 20.1. The van der Waals surface area contributed by atoms with E-state index in [1.165, 1.54) is 12.0 Å². The molecule has 8 nitrogen and oxygen atoms in total. The Bertz CT molecular complexity index is 1260. The molecule has 0 aliphatic carbocycles. The van der Waals surface area contributed by atoms with Gasteiger partial charge in [0.2, 0.25) is 0 Å². The van der Waals surface area contributed by atoms with Crippen molar-refractivity contribution in [2.45, 2.75) is 33.2 Å². The van der Waals surface area contributed by atoms with Gasteiger partial charge in [-0.1, -0.05) is 55.4 Å². The van der Waals surface area contributed by atoms with Crippen LogP contribution in [0.3, 0.4) is 0 Å². The summed E-state index contributed by atoms with van der Waals surface area (Å²) < 4.78 is 16.6. The quantitative estimate of drug-likeness (QED) is 0.276. The number of ether oxygens (including phenoxy) is 2. The van der Waals surface area contributed by atoms with Crippen LogP contribution in [0.1, 0.15) is 43.2 Å². The molecule has 2 aromatic carbocycles. The van der Waals surface area contributed by atoms with Crippen molar-refractivity contribution in [3.8, 4) is 11.5 Å². The van der Waals surface area contributed by atoms with Gasteiger partial charge in [-0.3, -0.25) is 14.5 Å². The molecule has 3 aromatic rings. The van der Waals surface area contributed by atoms with Gasteiger partial charge in [-0.2, -0.15) is 0 Å². The number of aliphatic hydroxyl groups excluding tert-OH is 1. The molecule has 182 valence electrons. The average molecular weight is 477 g/mol. The van der Waals surface area contributed by atoms with Crippen LogP contribution >= 0.6 is 0 Å². The molecule has 1 aliphatic rings. The molecule has 35 heavy (non-hydrogen) atoms. The van der Waals surface area contributed by atoms with E-state index in [2.05, 4.69) is 19.0 Å². The Morgan fingerprint density at radius 2 is 1.86 bits per heavy atom. The van der Waals surface area contributed by atoms with Crippen LogP contribution < -0.4 is 14.4 Å². The summed E-state index contributed by atoms with van der Waals surface area (Å²) in [6, 6.07) is 14.5. The van der Waals surface area contributed by atoms with Crippen molar-refractivity contribution >= 4 is 23.3 Å². The normalized spacial score (nSPS) is 17.3. The third-order valence-electron chi connectivity index (χ3n) is 5.81. The van der Waals surface area contributed by atoms with Gasteiger partial charge in [-0.25, -0.2) is 0 Å². The second-order valence-corrected chi connectivity index (χ2v) is 8.77. The Hall–Kier alpha value is -4.07. The Kier molecular flexibility index (Phi) is 6.91. The number of anilines is 1. The number of benzene rings is 2. The van der Waals surface area contributed by atoms with Gasteiger partial charge in [0, 0.05) is 11.6 Å². The molecule has 0 radical (unpaired) electrons. The molecular formula is C27H28N2O6. The first-order valence-corrected chi connectivity index (χ1v) is 11.4. The molecule has 8 heteroatoms. The van der Waals surface area contributed by atoms with Gasteiger partial charge in [0.1, 0.15) is 11.5 Å². The number of amides is 1. The van der Waals surface area contributed by atoms with E-state index >= 15 is 0 Å². The predicted molar refractivity (Wildman–Crippen MR) is 130 cm³/mol. The Morgan fingerprint density at radius 3 is 2.49 bits per heavy atom. The topological polar surface area (TPSA) is 102 Å². The molecule has 1 N–H and O–H groups in total. The maximum absolute atomic E-state index is 13.2. The van der Waals surface area contributed by atoms with Crippen molar-refractivity contribution in [1.82, 2.24) is 5.16 Å². The van der Waals surface area contributed by atoms with Crippen molar-refractivity contribution in [3.63, 3.8) is 0 Å². The van der Waals surface area contributed by atoms with Crippen LogP contribution in [0.25, 0.3) is 5.76 Å². The summed E-state index contributed by atoms with van der Waals surface area (Å²) >= 11 is 0. The summed E-state index contributed by atoms with van der Waals surface area (Å²) in [5.74, 6) is 0.261. The second-order valence-electron chi connectivity index (χ2n) is 8.77. The highest BCUT2D eigenvalue weighted by atomic mass is 16.5. The van der Waals surface area contributed by atoms with Crippen molar-refractivity contribution in [3.05, 3.63) is 77.1 Å². The largest absolute Gasteiger partial charge is 0.507 e. The number of methoxy groups -OCH3 is 1. The van der Waals surface area contributed by atoms with Crippen LogP contribution in [0.4, 0.5) is 5.82 Å². The number of rotatable bonds is 8. The average Bonchev–Trinajstić information content (AvgIpc) is 3.39. The van der Waals surface area contributed by atoms with Gasteiger partial charge < -0.3 is 19.1 Å². The number of nitrogens with zero attached hydrogens (tertiary/aromatic N) is 2. The molecule has 1 aromatic heterocycles. The smallest absolute Gasteiger partial charge is 0.301 e. The number of ketones is 1. The Morgan fingerprint density at radius 1 is 1.11 bits per heavy atom. The van der Waals surface area contributed by atoms with Crippen LogP contribution in [-0.2, 0) is 9.59 Å². The van der Waals surface area contributed by atoms with Gasteiger partial charge in [0.25, 0.3) is 5.78 Å². The summed E-state index contributed by atoms with van der Waals surface area (Å²) in [5, 5.41) is 15.1. The molecule has 0 saturated carbocycles. The van der Waals surface area contributed by atoms with Crippen LogP contribution in [0.15, 0.2) is 64.7 Å². The van der Waals surface area contributed by atoms with Crippen molar-refractivity contribution in [2.24, 2.45) is 5.92 Å². The Balaban J connectivity index is 1.84. The summed E-state index contributed by atoms with van der Waals surface area (Å²) in [5.41, 5.74) is 0.931. The van der Waals surface area contributed by atoms with Crippen LogP contribution in [0.5, 0.6) is 11.5 Å². The minimum absolute atomic E-state index is 0.0441. The van der Waals surface area contributed by atoms with Crippen LogP contribution in [0, 0.1) is 12.8 Å². The maximum atomic E-state index is 13.2. The number of carbonyl (C=O) groups is 2. The summed E-state index contributed by atoms with van der Waals surface area (Å²) in [6.45, 7) is 6.45. The minimum atomic E-state index is -0.946. The summed E-state index contributed by atoms with van der Waals surface area (Å²) in [7, 11) is 1.52. The van der Waals surface area contributed by atoms with E-state index in [0.29, 0.717) is 40.9 Å². The lowest BCUT2D eigenvalue weighted by Crippen LogP contribution is -2.29. The molecular weight excluding hydrogens is 448 g/mol. The van der Waals surface area contributed by atoms with E-state index in [1.54, 1.807) is 61.5 Å². The molecule has 1 saturated heterocycles. The van der Waals surface area contributed by atoms with Gasteiger partial charge >= 0.3 is 5.91 Å². The van der Waals surface area contributed by atoms with E-state index in [9.17, 15) is 14.7 Å². The number of Topliss-reactive ketones (excluding diaryl/α,β-unsaturated/α-hetero) is 1. The first-order chi connectivity index (χ1) is 16.8. The maximum Gasteiger partial charge on any atom is 0.301 e. The van der Waals surface area contributed by atoms with Gasteiger partial charge in [-0.05, 0) is 37.0 Å². The minimum Gasteiger partial charge on any atom is -0.507 e. The van der Waals surface area contributed by atoms with Gasteiger partial charge in [0.05, 0.1) is 25.3 Å². The molecule has 1 aliphatic heterocycles. The van der Waals surface area contributed by atoms with Crippen molar-refractivity contribution in [1.29, 1.82) is 0 Å². The lowest BCUT2D eigenvalue weighted by atomic mass is 9.95. The van der Waals surface area contributed by atoms with Crippen molar-refractivity contribution in [2.75, 3.05) is 18.6 Å².